The van der Waals surface area contributed by atoms with Gasteiger partial charge in [-0.3, -0.25) is 4.79 Å². The molecule has 0 radical (unpaired) electrons. The smallest absolute Gasteiger partial charge is 0.233 e. The second kappa shape index (κ2) is 6.87. The first-order valence-electron chi connectivity index (χ1n) is 7.47. The number of pyridine rings is 1. The van der Waals surface area contributed by atoms with Crippen LogP contribution in [-0.4, -0.2) is 42.5 Å². The molecule has 2 heterocycles. The van der Waals surface area contributed by atoms with Crippen LogP contribution in [-0.2, 0) is 4.79 Å². The van der Waals surface area contributed by atoms with Gasteiger partial charge in [0, 0.05) is 36.9 Å². The van der Waals surface area contributed by atoms with E-state index in [2.05, 4.69) is 10.3 Å². The van der Waals surface area contributed by atoms with Crippen molar-refractivity contribution in [3.63, 3.8) is 0 Å². The zero-order chi connectivity index (χ0) is 16.2. The maximum atomic E-state index is 12.6. The minimum Gasteiger partial charge on any atom is -0.492 e. The van der Waals surface area contributed by atoms with Crippen molar-refractivity contribution in [2.45, 2.75) is 5.92 Å². The van der Waals surface area contributed by atoms with Crippen molar-refractivity contribution in [2.75, 3.05) is 32.1 Å². The van der Waals surface area contributed by atoms with Gasteiger partial charge in [-0.05, 0) is 30.3 Å². The molecule has 1 aliphatic rings. The van der Waals surface area contributed by atoms with Gasteiger partial charge in [0.2, 0.25) is 5.91 Å². The molecule has 1 unspecified atom stereocenters. The summed E-state index contributed by atoms with van der Waals surface area (Å²) in [5, 5.41) is 3.81. The van der Waals surface area contributed by atoms with Crippen LogP contribution in [0, 0.1) is 0 Å². The molecule has 6 heteroatoms. The highest BCUT2D eigenvalue weighted by Crippen LogP contribution is 2.36. The molecule has 120 valence electrons. The van der Waals surface area contributed by atoms with Gasteiger partial charge in [0.1, 0.15) is 24.1 Å². The van der Waals surface area contributed by atoms with Gasteiger partial charge in [0.25, 0.3) is 0 Å². The predicted octanol–water partition coefficient (Wildman–Crippen LogP) is 2.78. The number of nitrogens with zero attached hydrogens (tertiary/aromatic N) is 2. The quantitative estimate of drug-likeness (QED) is 0.915. The molecular weight excluding hydrogens is 314 g/mol. The highest BCUT2D eigenvalue weighted by Gasteiger charge is 2.32. The molecule has 1 aromatic carbocycles. The molecule has 23 heavy (non-hydrogen) atoms. The molecule has 2 aromatic rings. The molecule has 0 aliphatic carbocycles. The molecular formula is C17H18ClN3O2. The third-order valence-corrected chi connectivity index (χ3v) is 4.08. The van der Waals surface area contributed by atoms with E-state index in [0.29, 0.717) is 24.7 Å². The minimum atomic E-state index is -0.288. The highest BCUT2D eigenvalue weighted by molar-refractivity contribution is 6.30. The number of ether oxygens (including phenoxy) is 1. The van der Waals surface area contributed by atoms with Gasteiger partial charge < -0.3 is 15.0 Å². The Kier molecular flexibility index (Phi) is 4.67. The lowest BCUT2D eigenvalue weighted by Crippen LogP contribution is -2.35. The number of halogens is 1. The maximum absolute atomic E-state index is 12.6. The van der Waals surface area contributed by atoms with Gasteiger partial charge in [-0.25, -0.2) is 4.98 Å². The van der Waals surface area contributed by atoms with Crippen molar-refractivity contribution in [2.24, 2.45) is 0 Å². The van der Waals surface area contributed by atoms with Gasteiger partial charge in [0.15, 0.2) is 0 Å². The molecule has 0 fully saturated rings. The van der Waals surface area contributed by atoms with Crippen molar-refractivity contribution in [3.05, 3.63) is 53.2 Å². The van der Waals surface area contributed by atoms with E-state index >= 15 is 0 Å². The average Bonchev–Trinajstić information content (AvgIpc) is 2.98. The molecule has 3 rings (SSSR count). The second-order valence-corrected chi connectivity index (χ2v) is 5.88. The van der Waals surface area contributed by atoms with Crippen LogP contribution in [0.15, 0.2) is 42.6 Å². The number of fused-ring (bicyclic) bond motifs is 1. The summed E-state index contributed by atoms with van der Waals surface area (Å²) in [6.45, 7) is 1.59. The summed E-state index contributed by atoms with van der Waals surface area (Å²) < 4.78 is 5.58. The van der Waals surface area contributed by atoms with Crippen molar-refractivity contribution in [1.29, 1.82) is 0 Å². The Morgan fingerprint density at radius 1 is 1.43 bits per heavy atom. The molecule has 1 N–H and O–H groups in total. The van der Waals surface area contributed by atoms with Crippen molar-refractivity contribution in [1.82, 2.24) is 9.88 Å². The fourth-order valence-electron chi connectivity index (χ4n) is 2.59. The van der Waals surface area contributed by atoms with E-state index in [-0.39, 0.29) is 11.8 Å². The first kappa shape index (κ1) is 15.6. The zero-order valence-electron chi connectivity index (χ0n) is 12.8. The fourth-order valence-corrected chi connectivity index (χ4v) is 2.77. The second-order valence-electron chi connectivity index (χ2n) is 5.45. The van der Waals surface area contributed by atoms with Crippen LogP contribution in [0.2, 0.25) is 5.02 Å². The lowest BCUT2D eigenvalue weighted by molar-refractivity contribution is -0.131. The molecule has 1 atom stereocenters. The van der Waals surface area contributed by atoms with Crippen molar-refractivity contribution >= 4 is 23.3 Å². The van der Waals surface area contributed by atoms with E-state index in [1.807, 2.05) is 30.3 Å². The third kappa shape index (κ3) is 3.56. The van der Waals surface area contributed by atoms with E-state index in [4.69, 9.17) is 16.3 Å². The monoisotopic (exact) mass is 331 g/mol. The molecule has 0 bridgehead atoms. The van der Waals surface area contributed by atoms with E-state index in [0.717, 1.165) is 17.1 Å². The number of carbonyl (C=O) groups excluding carboxylic acids is 1. The first-order chi connectivity index (χ1) is 11.1. The standard InChI is InChI=1S/C17H18ClN3O2/c1-21(9-8-20-16-4-2-3-7-19-16)17(22)14-11-23-15-6-5-12(18)10-13(14)15/h2-7,10,14H,8-9,11H2,1H3,(H,19,20). The number of amides is 1. The third-order valence-electron chi connectivity index (χ3n) is 3.85. The minimum absolute atomic E-state index is 0.0360. The van der Waals surface area contributed by atoms with E-state index in [9.17, 15) is 4.79 Å². The van der Waals surface area contributed by atoms with Crippen LogP contribution < -0.4 is 10.1 Å². The van der Waals surface area contributed by atoms with Crippen LogP contribution in [0.1, 0.15) is 11.5 Å². The number of nitrogens with one attached hydrogen (secondary N) is 1. The number of rotatable bonds is 5. The number of carbonyl (C=O) groups is 1. The van der Waals surface area contributed by atoms with Gasteiger partial charge in [-0.15, -0.1) is 0 Å². The summed E-state index contributed by atoms with van der Waals surface area (Å²) in [5.74, 6) is 1.29. The van der Waals surface area contributed by atoms with Gasteiger partial charge in [-0.1, -0.05) is 17.7 Å². The molecule has 1 aromatic heterocycles. The van der Waals surface area contributed by atoms with E-state index in [1.54, 1.807) is 24.2 Å². The first-order valence-corrected chi connectivity index (χ1v) is 7.85. The average molecular weight is 332 g/mol. The van der Waals surface area contributed by atoms with Gasteiger partial charge in [-0.2, -0.15) is 0 Å². The van der Waals surface area contributed by atoms with Crippen LogP contribution in [0.4, 0.5) is 5.82 Å². The van der Waals surface area contributed by atoms with Crippen LogP contribution in [0.5, 0.6) is 5.75 Å². The van der Waals surface area contributed by atoms with Gasteiger partial charge in [0.05, 0.1) is 0 Å². The molecule has 0 spiro atoms. The van der Waals surface area contributed by atoms with Gasteiger partial charge >= 0.3 is 0 Å². The lowest BCUT2D eigenvalue weighted by Gasteiger charge is -2.21. The number of hydrogen-bond acceptors (Lipinski definition) is 4. The molecule has 1 amide bonds. The van der Waals surface area contributed by atoms with E-state index < -0.39 is 0 Å². The Labute approximate surface area is 140 Å². The highest BCUT2D eigenvalue weighted by atomic mass is 35.5. The number of anilines is 1. The van der Waals surface area contributed by atoms with Crippen LogP contribution >= 0.6 is 11.6 Å². The number of likely N-dealkylation sites (N-methyl/N-ethyl adjacent to an activating group) is 1. The Morgan fingerprint density at radius 3 is 3.09 bits per heavy atom. The number of aromatic nitrogens is 1. The van der Waals surface area contributed by atoms with Crippen LogP contribution in [0.3, 0.4) is 0 Å². The van der Waals surface area contributed by atoms with Crippen LogP contribution in [0.25, 0.3) is 0 Å². The Morgan fingerprint density at radius 2 is 2.30 bits per heavy atom. The summed E-state index contributed by atoms with van der Waals surface area (Å²) in [6, 6.07) is 11.1. The normalized spacial score (nSPS) is 15.7. The molecule has 5 nitrogen and oxygen atoms in total. The largest absolute Gasteiger partial charge is 0.492 e. The zero-order valence-corrected chi connectivity index (χ0v) is 13.6. The summed E-state index contributed by atoms with van der Waals surface area (Å²) >= 11 is 6.03. The predicted molar refractivity (Wildman–Crippen MR) is 90.1 cm³/mol. The van der Waals surface area contributed by atoms with Crippen molar-refractivity contribution < 1.29 is 9.53 Å². The summed E-state index contributed by atoms with van der Waals surface area (Å²) in [4.78, 5) is 18.5. The Balaban J connectivity index is 1.57. The Hall–Kier alpha value is -2.27. The lowest BCUT2D eigenvalue weighted by atomic mass is 10.00. The summed E-state index contributed by atoms with van der Waals surface area (Å²) in [6.07, 6.45) is 1.73. The summed E-state index contributed by atoms with van der Waals surface area (Å²) in [7, 11) is 1.80. The molecule has 0 saturated carbocycles. The summed E-state index contributed by atoms with van der Waals surface area (Å²) in [5.41, 5.74) is 0.868. The van der Waals surface area contributed by atoms with E-state index in [1.165, 1.54) is 0 Å². The number of hydrogen-bond donors (Lipinski definition) is 1. The maximum Gasteiger partial charge on any atom is 0.233 e. The number of benzene rings is 1. The van der Waals surface area contributed by atoms with Crippen molar-refractivity contribution in [3.8, 4) is 5.75 Å². The fraction of sp³-hybridized carbons (Fsp3) is 0.294. The SMILES string of the molecule is CN(CCNc1ccccn1)C(=O)C1COc2ccc(Cl)cc21. The molecule has 0 saturated heterocycles. The Bertz CT molecular complexity index is 693. The topological polar surface area (TPSA) is 54.5 Å². The molecule has 1 aliphatic heterocycles.